The van der Waals surface area contributed by atoms with Gasteiger partial charge in [-0.25, -0.2) is 4.79 Å². The number of nitrogens with zero attached hydrogens (tertiary/aromatic N) is 3. The molecule has 136 valence electrons. The molecule has 0 spiro atoms. The molecule has 0 saturated carbocycles. The maximum Gasteiger partial charge on any atom is 0.314 e. The zero-order valence-electron chi connectivity index (χ0n) is 15.2. The van der Waals surface area contributed by atoms with Gasteiger partial charge >= 0.3 is 6.03 Å². The van der Waals surface area contributed by atoms with Gasteiger partial charge in [-0.05, 0) is 46.1 Å². The first-order valence-corrected chi connectivity index (χ1v) is 8.75. The van der Waals surface area contributed by atoms with Crippen molar-refractivity contribution in [3.05, 3.63) is 18.0 Å². The Bertz CT molecular complexity index is 541. The first kappa shape index (κ1) is 18.7. The highest BCUT2D eigenvalue weighted by molar-refractivity contribution is 5.73. The molecule has 3 N–H and O–H groups in total. The number of urea groups is 1. The Kier molecular flexibility index (Phi) is 6.23. The highest BCUT2D eigenvalue weighted by Crippen LogP contribution is 2.19. The lowest BCUT2D eigenvalue weighted by atomic mass is 9.97. The van der Waals surface area contributed by atoms with Crippen molar-refractivity contribution >= 4 is 6.03 Å². The van der Waals surface area contributed by atoms with Crippen LogP contribution in [0.3, 0.4) is 0 Å². The first-order valence-electron chi connectivity index (χ1n) is 8.75. The van der Waals surface area contributed by atoms with Gasteiger partial charge in [0.1, 0.15) is 5.60 Å². The van der Waals surface area contributed by atoms with Crippen LogP contribution in [0, 0.1) is 5.92 Å². The van der Waals surface area contributed by atoms with Crippen LogP contribution >= 0.6 is 0 Å². The maximum atomic E-state index is 12.0. The molecule has 1 aromatic rings. The Morgan fingerprint density at radius 3 is 2.88 bits per heavy atom. The molecule has 0 radical (unpaired) electrons. The highest BCUT2D eigenvalue weighted by Gasteiger charge is 2.26. The Balaban J connectivity index is 1.73. The van der Waals surface area contributed by atoms with E-state index in [0.29, 0.717) is 24.1 Å². The van der Waals surface area contributed by atoms with Crippen LogP contribution in [0.2, 0.25) is 0 Å². The molecular formula is C17H31N5O2. The molecule has 1 aliphatic rings. The molecule has 1 saturated heterocycles. The molecule has 1 aromatic heterocycles. The number of aromatic nitrogens is 2. The summed E-state index contributed by atoms with van der Waals surface area (Å²) >= 11 is 0. The molecule has 1 aliphatic heterocycles. The molecule has 2 heterocycles. The molecule has 7 heteroatoms. The zero-order chi connectivity index (χ0) is 17.7. The van der Waals surface area contributed by atoms with Crippen molar-refractivity contribution in [3.63, 3.8) is 0 Å². The Labute approximate surface area is 144 Å². The van der Waals surface area contributed by atoms with E-state index in [0.717, 1.165) is 19.5 Å². The van der Waals surface area contributed by atoms with Crippen molar-refractivity contribution in [2.24, 2.45) is 13.0 Å². The van der Waals surface area contributed by atoms with Crippen LogP contribution in [-0.2, 0) is 12.6 Å². The Hall–Kier alpha value is -1.60. The van der Waals surface area contributed by atoms with Crippen LogP contribution in [0.1, 0.15) is 39.2 Å². The molecule has 2 unspecified atom stereocenters. The fourth-order valence-electron chi connectivity index (χ4n) is 3.09. The summed E-state index contributed by atoms with van der Waals surface area (Å²) in [5.74, 6) is 0.491. The van der Waals surface area contributed by atoms with E-state index >= 15 is 0 Å². The van der Waals surface area contributed by atoms with E-state index in [1.165, 1.54) is 6.42 Å². The predicted octanol–water partition coefficient (Wildman–Crippen LogP) is 1.05. The van der Waals surface area contributed by atoms with Gasteiger partial charge < -0.3 is 20.6 Å². The normalized spacial score (nSPS) is 21.5. The van der Waals surface area contributed by atoms with Crippen LogP contribution in [-0.4, -0.2) is 58.0 Å². The quantitative estimate of drug-likeness (QED) is 0.724. The van der Waals surface area contributed by atoms with Gasteiger partial charge in [0.15, 0.2) is 0 Å². The molecule has 0 bridgehead atoms. The number of aryl methyl sites for hydroxylation is 1. The second kappa shape index (κ2) is 7.98. The number of likely N-dealkylation sites (tertiary alicyclic amines) is 1. The van der Waals surface area contributed by atoms with Crippen molar-refractivity contribution in [1.29, 1.82) is 0 Å². The smallest absolute Gasteiger partial charge is 0.314 e. The fourth-order valence-corrected chi connectivity index (χ4v) is 3.09. The van der Waals surface area contributed by atoms with Crippen molar-refractivity contribution in [1.82, 2.24) is 25.3 Å². The van der Waals surface area contributed by atoms with Crippen molar-refractivity contribution < 1.29 is 9.90 Å². The molecular weight excluding hydrogens is 306 g/mol. The van der Waals surface area contributed by atoms with Crippen LogP contribution < -0.4 is 10.6 Å². The van der Waals surface area contributed by atoms with Crippen LogP contribution in [0.4, 0.5) is 4.79 Å². The lowest BCUT2D eigenvalue weighted by molar-refractivity contribution is 0.0591. The average Bonchev–Trinajstić information content (AvgIpc) is 2.99. The number of amides is 2. The number of hydrogen-bond acceptors (Lipinski definition) is 4. The van der Waals surface area contributed by atoms with Crippen LogP contribution in [0.15, 0.2) is 12.4 Å². The lowest BCUT2D eigenvalue weighted by Gasteiger charge is -2.35. The predicted molar refractivity (Wildman–Crippen MR) is 93.6 cm³/mol. The minimum atomic E-state index is -1.13. The van der Waals surface area contributed by atoms with Gasteiger partial charge in [0.2, 0.25) is 0 Å². The molecule has 0 aromatic carbocycles. The Morgan fingerprint density at radius 1 is 1.50 bits per heavy atom. The number of carbonyl (C=O) groups is 1. The first-order chi connectivity index (χ1) is 11.3. The monoisotopic (exact) mass is 337 g/mol. The second-order valence-electron chi connectivity index (χ2n) is 7.34. The molecule has 2 rings (SSSR count). The summed E-state index contributed by atoms with van der Waals surface area (Å²) < 4.78 is 1.63. The van der Waals surface area contributed by atoms with Crippen molar-refractivity contribution in [2.75, 3.05) is 26.2 Å². The molecule has 7 nitrogen and oxygen atoms in total. The summed E-state index contributed by atoms with van der Waals surface area (Å²) in [5, 5.41) is 20.2. The van der Waals surface area contributed by atoms with Crippen LogP contribution in [0.25, 0.3) is 0 Å². The summed E-state index contributed by atoms with van der Waals surface area (Å²) in [5.41, 5.74) is -0.449. The van der Waals surface area contributed by atoms with Gasteiger partial charge in [-0.2, -0.15) is 5.10 Å². The number of hydrogen-bond donors (Lipinski definition) is 3. The average molecular weight is 337 g/mol. The van der Waals surface area contributed by atoms with Gasteiger partial charge in [0.05, 0.1) is 12.7 Å². The van der Waals surface area contributed by atoms with E-state index in [1.54, 1.807) is 31.0 Å². The third-order valence-corrected chi connectivity index (χ3v) is 4.75. The van der Waals surface area contributed by atoms with Gasteiger partial charge in [-0.15, -0.1) is 0 Å². The molecule has 2 atom stereocenters. The minimum absolute atomic E-state index is 0.146. The van der Waals surface area contributed by atoms with Crippen molar-refractivity contribution in [2.45, 2.75) is 45.3 Å². The van der Waals surface area contributed by atoms with E-state index in [4.69, 9.17) is 0 Å². The van der Waals surface area contributed by atoms with Crippen LogP contribution in [0.5, 0.6) is 0 Å². The van der Waals surface area contributed by atoms with E-state index < -0.39 is 5.60 Å². The summed E-state index contributed by atoms with van der Waals surface area (Å²) in [4.78, 5) is 14.5. The van der Waals surface area contributed by atoms with E-state index in [-0.39, 0.29) is 12.6 Å². The maximum absolute atomic E-state index is 12.0. The van der Waals surface area contributed by atoms with Gasteiger partial charge in [-0.1, -0.05) is 0 Å². The summed E-state index contributed by atoms with van der Waals surface area (Å²) in [6.45, 7) is 9.09. The number of rotatable bonds is 6. The second-order valence-corrected chi connectivity index (χ2v) is 7.34. The molecule has 0 aliphatic carbocycles. The number of piperidine rings is 1. The molecule has 2 amide bonds. The SMILES string of the molecule is CC(C)N1CCCC(CNC(=O)NCC(C)(O)c2cnn(C)c2)C1. The largest absolute Gasteiger partial charge is 0.383 e. The van der Waals surface area contributed by atoms with Crippen molar-refractivity contribution in [3.8, 4) is 0 Å². The third-order valence-electron chi connectivity index (χ3n) is 4.75. The Morgan fingerprint density at radius 2 is 2.25 bits per heavy atom. The minimum Gasteiger partial charge on any atom is -0.383 e. The number of nitrogens with one attached hydrogen (secondary N) is 2. The topological polar surface area (TPSA) is 82.4 Å². The van der Waals surface area contributed by atoms with Gasteiger partial charge in [0, 0.05) is 37.9 Å². The summed E-state index contributed by atoms with van der Waals surface area (Å²) in [6, 6.07) is 0.317. The number of aliphatic hydroxyl groups is 1. The third kappa shape index (κ3) is 5.21. The van der Waals surface area contributed by atoms with E-state index in [9.17, 15) is 9.90 Å². The zero-order valence-corrected chi connectivity index (χ0v) is 15.2. The lowest BCUT2D eigenvalue weighted by Crippen LogP contribution is -2.47. The van der Waals surface area contributed by atoms with Gasteiger partial charge in [-0.3, -0.25) is 4.68 Å². The van der Waals surface area contributed by atoms with Gasteiger partial charge in [0.25, 0.3) is 0 Å². The van der Waals surface area contributed by atoms with E-state index in [1.807, 2.05) is 0 Å². The number of carbonyl (C=O) groups excluding carboxylic acids is 1. The molecule has 1 fully saturated rings. The fraction of sp³-hybridized carbons (Fsp3) is 0.765. The summed E-state index contributed by atoms with van der Waals surface area (Å²) in [7, 11) is 1.80. The molecule has 24 heavy (non-hydrogen) atoms. The van der Waals surface area contributed by atoms with E-state index in [2.05, 4.69) is 34.5 Å². The summed E-state index contributed by atoms with van der Waals surface area (Å²) in [6.07, 6.45) is 5.70. The standard InChI is InChI=1S/C17H31N5O2/c1-13(2)22-7-5-6-14(10-22)8-18-16(23)19-12-17(3,24)15-9-20-21(4)11-15/h9,11,13-14,24H,5-8,10,12H2,1-4H3,(H2,18,19,23). The highest BCUT2D eigenvalue weighted by atomic mass is 16.3.